The first-order valence-electron chi connectivity index (χ1n) is 6.31. The van der Waals surface area contributed by atoms with E-state index in [0.717, 1.165) is 12.8 Å². The number of hydrogen-bond acceptors (Lipinski definition) is 2. The zero-order valence-corrected chi connectivity index (χ0v) is 11.3. The first kappa shape index (κ1) is 16.5. The van der Waals surface area contributed by atoms with Crippen LogP contribution in [0.4, 0.5) is 4.79 Å². The van der Waals surface area contributed by atoms with E-state index in [1.165, 1.54) is 0 Å². The van der Waals surface area contributed by atoms with Gasteiger partial charge in [0.05, 0.1) is 5.92 Å². The number of rotatable bonds is 9. The summed E-state index contributed by atoms with van der Waals surface area (Å²) in [5.41, 5.74) is 0. The fourth-order valence-electron chi connectivity index (χ4n) is 1.44. The molecule has 0 aromatic carbocycles. The molecule has 0 aliphatic carbocycles. The number of carboxylic acid groups (broad SMARTS) is 1. The Hall–Kier alpha value is -1.52. The van der Waals surface area contributed by atoms with E-state index in [-0.39, 0.29) is 11.9 Å². The summed E-state index contributed by atoms with van der Waals surface area (Å²) >= 11 is 0. The van der Waals surface area contributed by atoms with Crippen molar-refractivity contribution < 1.29 is 14.7 Å². The quantitative estimate of drug-likeness (QED) is 0.490. The lowest BCUT2D eigenvalue weighted by Gasteiger charge is -2.17. The first-order chi connectivity index (χ1) is 8.49. The molecule has 2 amide bonds. The third-order valence-corrected chi connectivity index (χ3v) is 2.76. The lowest BCUT2D eigenvalue weighted by Crippen LogP contribution is -2.38. The molecular weight excluding hydrogens is 232 g/mol. The third-order valence-electron chi connectivity index (χ3n) is 2.76. The smallest absolute Gasteiger partial charge is 0.317 e. The van der Waals surface area contributed by atoms with Gasteiger partial charge in [0.2, 0.25) is 0 Å². The average molecular weight is 256 g/mol. The molecule has 0 aromatic rings. The number of nitrogens with zero attached hydrogens (tertiary/aromatic N) is 1. The van der Waals surface area contributed by atoms with Gasteiger partial charge < -0.3 is 15.3 Å². The highest BCUT2D eigenvalue weighted by atomic mass is 16.4. The molecule has 0 aromatic heterocycles. The van der Waals surface area contributed by atoms with Crippen LogP contribution in [0.3, 0.4) is 0 Å². The monoisotopic (exact) mass is 256 g/mol. The van der Waals surface area contributed by atoms with E-state index in [1.807, 2.05) is 6.08 Å². The maximum Gasteiger partial charge on any atom is 0.317 e. The van der Waals surface area contributed by atoms with Crippen molar-refractivity contribution in [3.05, 3.63) is 12.7 Å². The van der Waals surface area contributed by atoms with E-state index < -0.39 is 5.97 Å². The van der Waals surface area contributed by atoms with E-state index in [9.17, 15) is 9.59 Å². The number of unbranched alkanes of at least 4 members (excludes halogenated alkanes) is 1. The topological polar surface area (TPSA) is 69.6 Å². The van der Waals surface area contributed by atoms with Crippen LogP contribution in [-0.4, -0.2) is 42.1 Å². The van der Waals surface area contributed by atoms with Gasteiger partial charge in [-0.3, -0.25) is 4.79 Å². The van der Waals surface area contributed by atoms with E-state index in [2.05, 4.69) is 11.9 Å². The van der Waals surface area contributed by atoms with Crippen LogP contribution in [0, 0.1) is 5.92 Å². The second kappa shape index (κ2) is 9.50. The van der Waals surface area contributed by atoms with Gasteiger partial charge in [0.15, 0.2) is 0 Å². The number of carboxylic acids is 1. The van der Waals surface area contributed by atoms with E-state index in [0.29, 0.717) is 25.9 Å². The molecule has 1 unspecified atom stereocenters. The van der Waals surface area contributed by atoms with Gasteiger partial charge in [0.25, 0.3) is 0 Å². The van der Waals surface area contributed by atoms with Crippen molar-refractivity contribution in [2.24, 2.45) is 5.92 Å². The molecule has 5 nitrogen and oxygen atoms in total. The normalized spacial score (nSPS) is 11.7. The zero-order valence-electron chi connectivity index (χ0n) is 11.3. The van der Waals surface area contributed by atoms with E-state index in [4.69, 9.17) is 5.11 Å². The Balaban J connectivity index is 3.63. The average Bonchev–Trinajstić information content (AvgIpc) is 2.33. The van der Waals surface area contributed by atoms with Gasteiger partial charge in [-0.25, -0.2) is 4.79 Å². The molecule has 0 aliphatic rings. The summed E-state index contributed by atoms with van der Waals surface area (Å²) in [6.45, 7) is 6.51. The third kappa shape index (κ3) is 7.70. The second-order valence-electron chi connectivity index (χ2n) is 4.47. The van der Waals surface area contributed by atoms with Gasteiger partial charge >= 0.3 is 12.0 Å². The SMILES string of the molecule is C=CCCCN(C)C(=O)NCCCC(C)C(=O)O. The van der Waals surface area contributed by atoms with Gasteiger partial charge in [-0.2, -0.15) is 0 Å². The highest BCUT2D eigenvalue weighted by Crippen LogP contribution is 2.04. The Bertz CT molecular complexity index is 279. The summed E-state index contributed by atoms with van der Waals surface area (Å²) < 4.78 is 0. The standard InChI is InChI=1S/C13H24N2O3/c1-4-5-6-10-15(3)13(18)14-9-7-8-11(2)12(16)17/h4,11H,1,5-10H2,2-3H3,(H,14,18)(H,16,17). The number of amides is 2. The summed E-state index contributed by atoms with van der Waals surface area (Å²) in [4.78, 5) is 23.8. The molecule has 2 N–H and O–H groups in total. The van der Waals surface area contributed by atoms with Crippen LogP contribution < -0.4 is 5.32 Å². The van der Waals surface area contributed by atoms with Crippen molar-refractivity contribution in [2.75, 3.05) is 20.1 Å². The molecule has 18 heavy (non-hydrogen) atoms. The molecule has 104 valence electrons. The van der Waals surface area contributed by atoms with Gasteiger partial charge in [0.1, 0.15) is 0 Å². The van der Waals surface area contributed by atoms with E-state index in [1.54, 1.807) is 18.9 Å². The highest BCUT2D eigenvalue weighted by molar-refractivity contribution is 5.73. The largest absolute Gasteiger partial charge is 0.481 e. The number of aliphatic carboxylic acids is 1. The van der Waals surface area contributed by atoms with Crippen molar-refractivity contribution in [1.82, 2.24) is 10.2 Å². The Labute approximate surface area is 109 Å². The van der Waals surface area contributed by atoms with Crippen LogP contribution in [-0.2, 0) is 4.79 Å². The Morgan fingerprint density at radius 2 is 2.11 bits per heavy atom. The Kier molecular flexibility index (Phi) is 8.70. The lowest BCUT2D eigenvalue weighted by molar-refractivity contribution is -0.141. The van der Waals surface area contributed by atoms with Gasteiger partial charge in [-0.1, -0.05) is 13.0 Å². The fraction of sp³-hybridized carbons (Fsp3) is 0.692. The van der Waals surface area contributed by atoms with Crippen LogP contribution in [0.25, 0.3) is 0 Å². The Morgan fingerprint density at radius 1 is 1.44 bits per heavy atom. The van der Waals surface area contributed by atoms with Gasteiger partial charge in [-0.05, 0) is 25.7 Å². The maximum absolute atomic E-state index is 11.6. The molecule has 0 fully saturated rings. The van der Waals surface area contributed by atoms with E-state index >= 15 is 0 Å². The fourth-order valence-corrected chi connectivity index (χ4v) is 1.44. The predicted molar refractivity (Wildman–Crippen MR) is 71.5 cm³/mol. The summed E-state index contributed by atoms with van der Waals surface area (Å²) in [6, 6.07) is -0.109. The predicted octanol–water partition coefficient (Wildman–Crippen LogP) is 2.09. The van der Waals surface area contributed by atoms with Crippen molar-refractivity contribution in [2.45, 2.75) is 32.6 Å². The molecular formula is C13H24N2O3. The molecule has 0 aliphatic heterocycles. The molecule has 0 saturated heterocycles. The number of nitrogens with one attached hydrogen (secondary N) is 1. The molecule has 0 bridgehead atoms. The van der Waals surface area contributed by atoms with Crippen molar-refractivity contribution >= 4 is 12.0 Å². The number of carbonyl (C=O) groups is 2. The number of allylic oxidation sites excluding steroid dienone is 1. The summed E-state index contributed by atoms with van der Waals surface area (Å²) in [5, 5.41) is 11.5. The molecule has 1 atom stereocenters. The van der Waals surface area contributed by atoms with Crippen molar-refractivity contribution in [1.29, 1.82) is 0 Å². The molecule has 0 radical (unpaired) electrons. The second-order valence-corrected chi connectivity index (χ2v) is 4.47. The minimum atomic E-state index is -0.789. The summed E-state index contributed by atoms with van der Waals surface area (Å²) in [5.74, 6) is -1.14. The molecule has 0 heterocycles. The number of carbonyl (C=O) groups excluding carboxylic acids is 1. The highest BCUT2D eigenvalue weighted by Gasteiger charge is 2.11. The van der Waals surface area contributed by atoms with Crippen LogP contribution in [0.5, 0.6) is 0 Å². The number of urea groups is 1. The summed E-state index contributed by atoms with van der Waals surface area (Å²) in [7, 11) is 1.75. The van der Waals surface area contributed by atoms with Crippen LogP contribution in [0.1, 0.15) is 32.6 Å². The molecule has 0 rings (SSSR count). The Morgan fingerprint density at radius 3 is 2.67 bits per heavy atom. The molecule has 0 saturated carbocycles. The summed E-state index contributed by atoms with van der Waals surface area (Å²) in [6.07, 6.45) is 4.89. The van der Waals surface area contributed by atoms with Gasteiger partial charge in [0, 0.05) is 20.1 Å². The first-order valence-corrected chi connectivity index (χ1v) is 6.31. The lowest BCUT2D eigenvalue weighted by atomic mass is 10.1. The van der Waals surface area contributed by atoms with Crippen LogP contribution in [0.2, 0.25) is 0 Å². The van der Waals surface area contributed by atoms with Crippen LogP contribution >= 0.6 is 0 Å². The van der Waals surface area contributed by atoms with Crippen molar-refractivity contribution in [3.8, 4) is 0 Å². The molecule has 5 heteroatoms. The zero-order chi connectivity index (χ0) is 14.0. The maximum atomic E-state index is 11.6. The number of hydrogen-bond donors (Lipinski definition) is 2. The minimum Gasteiger partial charge on any atom is -0.481 e. The van der Waals surface area contributed by atoms with Crippen LogP contribution in [0.15, 0.2) is 12.7 Å². The minimum absolute atomic E-state index is 0.109. The molecule has 0 spiro atoms. The van der Waals surface area contributed by atoms with Gasteiger partial charge in [-0.15, -0.1) is 6.58 Å². The van der Waals surface area contributed by atoms with Crippen molar-refractivity contribution in [3.63, 3.8) is 0 Å².